The molecule has 2 heterocycles. The molecule has 2 aliphatic rings. The zero-order valence-electron chi connectivity index (χ0n) is 18.7. The number of hydrogen-bond donors (Lipinski definition) is 2. The number of carboxylic acid groups (broad SMARTS) is 1. The van der Waals surface area contributed by atoms with Crippen LogP contribution >= 0.6 is 23.1 Å². The average molecular weight is 510 g/mol. The zero-order valence-corrected chi connectivity index (χ0v) is 20.3. The first-order valence-corrected chi connectivity index (χ1v) is 13.1. The number of amides is 2. The molecule has 0 bridgehead atoms. The number of anilines is 1. The lowest BCUT2D eigenvalue weighted by Gasteiger charge is -2.20. The molecule has 1 atom stereocenters. The summed E-state index contributed by atoms with van der Waals surface area (Å²) < 4.78 is 5.55. The minimum atomic E-state index is -0.976. The van der Waals surface area contributed by atoms with Crippen molar-refractivity contribution in [2.75, 3.05) is 23.6 Å². The first-order valence-electron chi connectivity index (χ1n) is 11.2. The number of nitrogens with one attached hydrogen (secondary N) is 1. The Morgan fingerprint density at radius 3 is 2.46 bits per heavy atom. The van der Waals surface area contributed by atoms with Crippen LogP contribution in [0.1, 0.15) is 28.3 Å². The van der Waals surface area contributed by atoms with Gasteiger partial charge in [-0.05, 0) is 28.7 Å². The summed E-state index contributed by atoms with van der Waals surface area (Å²) >= 11 is 2.71. The van der Waals surface area contributed by atoms with Crippen LogP contribution in [0.15, 0.2) is 54.7 Å². The summed E-state index contributed by atoms with van der Waals surface area (Å²) in [4.78, 5) is 42.6. The SMILES string of the molecule is O=C(Nc1ncc(CCC(=O)N2CSCC2C(=O)O)s1)OCC1c2ccccc2-c2ccccc21. The molecule has 8 nitrogen and oxygen atoms in total. The smallest absolute Gasteiger partial charge is 0.413 e. The fourth-order valence-electron chi connectivity index (χ4n) is 4.47. The maximum absolute atomic E-state index is 12.5. The van der Waals surface area contributed by atoms with Gasteiger partial charge in [0.25, 0.3) is 0 Å². The number of rotatable bonds is 7. The van der Waals surface area contributed by atoms with Crippen LogP contribution in [0.25, 0.3) is 11.1 Å². The molecule has 35 heavy (non-hydrogen) atoms. The van der Waals surface area contributed by atoms with E-state index in [2.05, 4.69) is 34.6 Å². The Hall–Kier alpha value is -3.37. The van der Waals surface area contributed by atoms with E-state index in [-0.39, 0.29) is 24.9 Å². The van der Waals surface area contributed by atoms with Gasteiger partial charge in [-0.3, -0.25) is 10.1 Å². The Labute approximate surface area is 210 Å². The van der Waals surface area contributed by atoms with Crippen molar-refractivity contribution < 1.29 is 24.2 Å². The lowest BCUT2D eigenvalue weighted by molar-refractivity contribution is -0.147. The number of thioether (sulfide) groups is 1. The third-order valence-corrected chi connectivity index (χ3v) is 8.16. The molecule has 0 saturated carbocycles. The van der Waals surface area contributed by atoms with Crippen molar-refractivity contribution in [2.45, 2.75) is 24.8 Å². The van der Waals surface area contributed by atoms with E-state index in [1.54, 1.807) is 6.20 Å². The van der Waals surface area contributed by atoms with Crippen molar-refractivity contribution in [3.05, 3.63) is 70.7 Å². The van der Waals surface area contributed by atoms with Gasteiger partial charge in [0.15, 0.2) is 5.13 Å². The van der Waals surface area contributed by atoms with Crippen LogP contribution in [-0.4, -0.2) is 57.2 Å². The number of hydrogen-bond acceptors (Lipinski definition) is 7. The van der Waals surface area contributed by atoms with E-state index >= 15 is 0 Å². The molecule has 0 radical (unpaired) electrons. The molecule has 2 N–H and O–H groups in total. The largest absolute Gasteiger partial charge is 0.480 e. The lowest BCUT2D eigenvalue weighted by Crippen LogP contribution is -2.41. The van der Waals surface area contributed by atoms with Crippen molar-refractivity contribution in [2.24, 2.45) is 0 Å². The minimum Gasteiger partial charge on any atom is -0.480 e. The van der Waals surface area contributed by atoms with E-state index in [0.717, 1.165) is 16.0 Å². The highest BCUT2D eigenvalue weighted by atomic mass is 32.2. The van der Waals surface area contributed by atoms with Gasteiger partial charge >= 0.3 is 12.1 Å². The van der Waals surface area contributed by atoms with Crippen LogP contribution in [0.4, 0.5) is 9.93 Å². The monoisotopic (exact) mass is 509 g/mol. The number of carbonyl (C=O) groups is 3. The number of carboxylic acids is 1. The van der Waals surface area contributed by atoms with E-state index in [1.807, 2.05) is 24.3 Å². The number of carbonyl (C=O) groups excluding carboxylic acids is 2. The molecule has 1 unspecified atom stereocenters. The Morgan fingerprint density at radius 2 is 1.77 bits per heavy atom. The highest BCUT2D eigenvalue weighted by Gasteiger charge is 2.34. The molecule has 2 aromatic carbocycles. The fourth-order valence-corrected chi connectivity index (χ4v) is 6.44. The first-order chi connectivity index (χ1) is 17.0. The topological polar surface area (TPSA) is 109 Å². The van der Waals surface area contributed by atoms with Gasteiger partial charge in [0, 0.05) is 29.2 Å². The summed E-state index contributed by atoms with van der Waals surface area (Å²) in [5, 5.41) is 12.3. The Balaban J connectivity index is 1.14. The third-order valence-electron chi connectivity index (χ3n) is 6.18. The number of aliphatic carboxylic acids is 1. The van der Waals surface area contributed by atoms with Crippen molar-refractivity contribution in [1.82, 2.24) is 9.88 Å². The summed E-state index contributed by atoms with van der Waals surface area (Å²) in [6.07, 6.45) is 1.65. The van der Waals surface area contributed by atoms with Gasteiger partial charge in [-0.25, -0.2) is 14.6 Å². The van der Waals surface area contributed by atoms with Crippen LogP contribution in [0, 0.1) is 0 Å². The first kappa shape index (κ1) is 23.4. The highest BCUT2D eigenvalue weighted by molar-refractivity contribution is 7.99. The van der Waals surface area contributed by atoms with E-state index in [4.69, 9.17) is 4.74 Å². The third kappa shape index (κ3) is 4.89. The second-order valence-corrected chi connectivity index (χ2v) is 10.4. The molecule has 1 aromatic heterocycles. The Morgan fingerprint density at radius 1 is 1.09 bits per heavy atom. The van der Waals surface area contributed by atoms with E-state index in [0.29, 0.717) is 23.2 Å². The number of nitrogens with zero attached hydrogens (tertiary/aromatic N) is 2. The van der Waals surface area contributed by atoms with Gasteiger partial charge in [-0.2, -0.15) is 0 Å². The summed E-state index contributed by atoms with van der Waals surface area (Å²) in [5.41, 5.74) is 4.62. The Bertz CT molecular complexity index is 1230. The van der Waals surface area contributed by atoms with Crippen LogP contribution < -0.4 is 5.32 Å². The van der Waals surface area contributed by atoms with E-state index in [9.17, 15) is 19.5 Å². The quantitative estimate of drug-likeness (QED) is 0.485. The summed E-state index contributed by atoms with van der Waals surface area (Å²) in [7, 11) is 0. The molecule has 10 heteroatoms. The van der Waals surface area contributed by atoms with E-state index < -0.39 is 18.1 Å². The molecule has 1 fully saturated rings. The molecule has 1 aliphatic carbocycles. The van der Waals surface area contributed by atoms with Gasteiger partial charge in [0.05, 0.1) is 5.88 Å². The number of aryl methyl sites for hydroxylation is 1. The molecular weight excluding hydrogens is 486 g/mol. The lowest BCUT2D eigenvalue weighted by atomic mass is 9.98. The predicted octanol–water partition coefficient (Wildman–Crippen LogP) is 4.42. The standard InChI is InChI=1S/C25H23N3O5S2/c29-22(28-14-34-13-21(28)23(30)31)10-9-15-11-26-24(35-15)27-25(32)33-12-20-18-7-3-1-5-16(18)17-6-2-4-8-19(17)20/h1-8,11,20-21H,9-10,12-14H2,(H,30,31)(H,26,27,32). The van der Waals surface area contributed by atoms with Crippen LogP contribution in [0.2, 0.25) is 0 Å². The van der Waals surface area contributed by atoms with Gasteiger partial charge in [-0.1, -0.05) is 48.5 Å². The van der Waals surface area contributed by atoms with Crippen LogP contribution in [0.5, 0.6) is 0 Å². The molecule has 1 saturated heterocycles. The van der Waals surface area contributed by atoms with Gasteiger partial charge < -0.3 is 14.7 Å². The van der Waals surface area contributed by atoms with Gasteiger partial charge in [0.2, 0.25) is 5.91 Å². The number of thiazole rings is 1. The van der Waals surface area contributed by atoms with Crippen molar-refractivity contribution in [1.29, 1.82) is 0 Å². The highest BCUT2D eigenvalue weighted by Crippen LogP contribution is 2.44. The predicted molar refractivity (Wildman–Crippen MR) is 135 cm³/mol. The second-order valence-electron chi connectivity index (χ2n) is 8.30. The maximum atomic E-state index is 12.5. The minimum absolute atomic E-state index is 0.0237. The molecule has 3 aromatic rings. The van der Waals surface area contributed by atoms with Crippen molar-refractivity contribution in [3.63, 3.8) is 0 Å². The normalized spacial score (nSPS) is 16.6. The average Bonchev–Trinajstić information content (AvgIpc) is 3.59. The number of fused-ring (bicyclic) bond motifs is 3. The molecular formula is C25H23N3O5S2. The molecule has 0 spiro atoms. The molecule has 5 rings (SSSR count). The Kier molecular flexibility index (Phi) is 6.74. The number of benzene rings is 2. The van der Waals surface area contributed by atoms with Crippen LogP contribution in [0.3, 0.4) is 0 Å². The van der Waals surface area contributed by atoms with Crippen LogP contribution in [-0.2, 0) is 20.7 Å². The summed E-state index contributed by atoms with van der Waals surface area (Å²) in [6, 6.07) is 15.5. The van der Waals surface area contributed by atoms with Gasteiger partial charge in [-0.15, -0.1) is 23.1 Å². The maximum Gasteiger partial charge on any atom is 0.413 e. The second kappa shape index (κ2) is 10.1. The van der Waals surface area contributed by atoms with E-state index in [1.165, 1.54) is 39.1 Å². The fraction of sp³-hybridized carbons (Fsp3) is 0.280. The zero-order chi connectivity index (χ0) is 24.4. The molecule has 180 valence electrons. The number of ether oxygens (including phenoxy) is 1. The van der Waals surface area contributed by atoms with Crippen molar-refractivity contribution in [3.8, 4) is 11.1 Å². The molecule has 2 amide bonds. The van der Waals surface area contributed by atoms with Gasteiger partial charge in [0.1, 0.15) is 12.6 Å². The molecule has 1 aliphatic heterocycles. The number of aromatic nitrogens is 1. The summed E-state index contributed by atoms with van der Waals surface area (Å²) in [5.74, 6) is -0.384. The van der Waals surface area contributed by atoms with Crippen molar-refractivity contribution >= 4 is 46.2 Å². The summed E-state index contributed by atoms with van der Waals surface area (Å²) in [6.45, 7) is 0.213.